The Kier molecular flexibility index (Phi) is 4.39. The van der Waals surface area contributed by atoms with Gasteiger partial charge in [-0.05, 0) is 31.2 Å². The quantitative estimate of drug-likeness (QED) is 0.845. The third-order valence-electron chi connectivity index (χ3n) is 4.24. The lowest BCUT2D eigenvalue weighted by Crippen LogP contribution is -2.17. The first-order chi connectivity index (χ1) is 10.3. The molecule has 1 N–H and O–H groups in total. The van der Waals surface area contributed by atoms with Crippen molar-refractivity contribution >= 4 is 0 Å². The van der Waals surface area contributed by atoms with E-state index in [4.69, 9.17) is 5.10 Å². The van der Waals surface area contributed by atoms with Gasteiger partial charge in [-0.15, -0.1) is 0 Å². The maximum absolute atomic E-state index is 4.87. The molecule has 0 bridgehead atoms. The van der Waals surface area contributed by atoms with Gasteiger partial charge in [-0.1, -0.05) is 44.2 Å². The largest absolute Gasteiger partial charge is 0.310 e. The molecule has 0 amide bonds. The zero-order chi connectivity index (χ0) is 14.7. The number of nitrogens with one attached hydrogen (secondary N) is 1. The molecule has 21 heavy (non-hydrogen) atoms. The smallest absolute Gasteiger partial charge is 0.0669 e. The molecule has 1 heterocycles. The van der Waals surface area contributed by atoms with Crippen LogP contribution < -0.4 is 5.32 Å². The average molecular weight is 283 g/mol. The minimum atomic E-state index is 0.747. The number of hydrogen-bond acceptors (Lipinski definition) is 2. The highest BCUT2D eigenvalue weighted by molar-refractivity contribution is 5.28. The van der Waals surface area contributed by atoms with Gasteiger partial charge in [-0.3, -0.25) is 4.68 Å². The summed E-state index contributed by atoms with van der Waals surface area (Å²) in [6.45, 7) is 6.29. The van der Waals surface area contributed by atoms with Crippen LogP contribution in [0.15, 0.2) is 30.3 Å². The van der Waals surface area contributed by atoms with E-state index in [-0.39, 0.29) is 0 Å². The molecule has 3 heteroatoms. The standard InChI is InChI=1S/C18H25N3/c1-3-17-16(12-19-15-10-11-15)18(4-2)21(20-17)13-14-8-6-5-7-9-14/h5-9,15,19H,3-4,10-13H2,1-2H3. The lowest BCUT2D eigenvalue weighted by molar-refractivity contribution is 0.635. The Hall–Kier alpha value is -1.61. The number of aryl methyl sites for hydroxylation is 1. The van der Waals surface area contributed by atoms with E-state index in [1.54, 1.807) is 0 Å². The predicted octanol–water partition coefficient (Wildman–Crippen LogP) is 3.31. The van der Waals surface area contributed by atoms with E-state index < -0.39 is 0 Å². The lowest BCUT2D eigenvalue weighted by atomic mass is 10.1. The Labute approximate surface area is 127 Å². The first kappa shape index (κ1) is 14.3. The van der Waals surface area contributed by atoms with Gasteiger partial charge in [0.1, 0.15) is 0 Å². The lowest BCUT2D eigenvalue weighted by Gasteiger charge is -2.09. The van der Waals surface area contributed by atoms with Gasteiger partial charge in [0.05, 0.1) is 12.2 Å². The highest BCUT2D eigenvalue weighted by atomic mass is 15.3. The number of aromatic nitrogens is 2. The van der Waals surface area contributed by atoms with Crippen molar-refractivity contribution < 1.29 is 0 Å². The van der Waals surface area contributed by atoms with Crippen LogP contribution in [0.25, 0.3) is 0 Å². The number of hydrogen-bond donors (Lipinski definition) is 1. The molecule has 1 aromatic carbocycles. The van der Waals surface area contributed by atoms with E-state index in [0.29, 0.717) is 0 Å². The molecule has 0 radical (unpaired) electrons. The van der Waals surface area contributed by atoms with Crippen molar-refractivity contribution in [3.8, 4) is 0 Å². The second kappa shape index (κ2) is 6.44. The molecule has 0 spiro atoms. The van der Waals surface area contributed by atoms with Crippen LogP contribution in [0, 0.1) is 0 Å². The van der Waals surface area contributed by atoms with E-state index in [1.165, 1.54) is 35.4 Å². The van der Waals surface area contributed by atoms with Gasteiger partial charge < -0.3 is 5.32 Å². The molecule has 0 saturated heterocycles. The van der Waals surface area contributed by atoms with Gasteiger partial charge >= 0.3 is 0 Å². The Balaban J connectivity index is 1.84. The van der Waals surface area contributed by atoms with Gasteiger partial charge in [-0.2, -0.15) is 5.10 Å². The first-order valence-electron chi connectivity index (χ1n) is 8.16. The summed E-state index contributed by atoms with van der Waals surface area (Å²) in [6, 6.07) is 11.4. The van der Waals surface area contributed by atoms with Crippen molar-refractivity contribution in [1.82, 2.24) is 15.1 Å². The fourth-order valence-corrected chi connectivity index (χ4v) is 2.89. The van der Waals surface area contributed by atoms with Crippen molar-refractivity contribution in [3.63, 3.8) is 0 Å². The summed E-state index contributed by atoms with van der Waals surface area (Å²) in [5.41, 5.74) is 5.40. The summed E-state index contributed by atoms with van der Waals surface area (Å²) in [4.78, 5) is 0. The first-order valence-corrected chi connectivity index (χ1v) is 8.16. The number of benzene rings is 1. The van der Waals surface area contributed by atoms with Crippen LogP contribution in [0.5, 0.6) is 0 Å². The number of rotatable bonds is 7. The van der Waals surface area contributed by atoms with Gasteiger partial charge in [0.25, 0.3) is 0 Å². The van der Waals surface area contributed by atoms with Gasteiger partial charge in [0.15, 0.2) is 0 Å². The fraction of sp³-hybridized carbons (Fsp3) is 0.500. The SMILES string of the molecule is CCc1nn(Cc2ccccc2)c(CC)c1CNC1CC1. The molecule has 3 nitrogen and oxygen atoms in total. The van der Waals surface area contributed by atoms with Crippen molar-refractivity contribution in [2.45, 2.75) is 58.7 Å². The maximum atomic E-state index is 4.87. The molecule has 1 aromatic heterocycles. The molecular weight excluding hydrogens is 258 g/mol. The van der Waals surface area contributed by atoms with E-state index in [0.717, 1.165) is 32.0 Å². The average Bonchev–Trinajstić information content (AvgIpc) is 3.28. The van der Waals surface area contributed by atoms with Gasteiger partial charge in [0.2, 0.25) is 0 Å². The molecule has 0 atom stereocenters. The van der Waals surface area contributed by atoms with Crippen LogP contribution in [-0.2, 0) is 25.9 Å². The molecule has 1 aliphatic rings. The zero-order valence-electron chi connectivity index (χ0n) is 13.1. The minimum Gasteiger partial charge on any atom is -0.310 e. The Morgan fingerprint density at radius 2 is 1.90 bits per heavy atom. The van der Waals surface area contributed by atoms with Crippen LogP contribution >= 0.6 is 0 Å². The van der Waals surface area contributed by atoms with Crippen LogP contribution in [-0.4, -0.2) is 15.8 Å². The van der Waals surface area contributed by atoms with Crippen LogP contribution in [0.2, 0.25) is 0 Å². The molecule has 1 fully saturated rings. The normalized spacial score (nSPS) is 14.6. The van der Waals surface area contributed by atoms with Crippen molar-refractivity contribution in [2.24, 2.45) is 0 Å². The Morgan fingerprint density at radius 1 is 1.14 bits per heavy atom. The van der Waals surface area contributed by atoms with E-state index in [9.17, 15) is 0 Å². The highest BCUT2D eigenvalue weighted by Crippen LogP contribution is 2.22. The van der Waals surface area contributed by atoms with Gasteiger partial charge in [0, 0.05) is 23.8 Å². The molecule has 112 valence electrons. The maximum Gasteiger partial charge on any atom is 0.0669 e. The molecule has 3 rings (SSSR count). The zero-order valence-corrected chi connectivity index (χ0v) is 13.1. The summed E-state index contributed by atoms with van der Waals surface area (Å²) in [6.07, 6.45) is 4.72. The monoisotopic (exact) mass is 283 g/mol. The van der Waals surface area contributed by atoms with E-state index in [2.05, 4.69) is 54.2 Å². The van der Waals surface area contributed by atoms with Crippen LogP contribution in [0.1, 0.15) is 49.2 Å². The molecule has 1 saturated carbocycles. The van der Waals surface area contributed by atoms with Gasteiger partial charge in [-0.25, -0.2) is 0 Å². The fourth-order valence-electron chi connectivity index (χ4n) is 2.89. The molecule has 1 aliphatic carbocycles. The third-order valence-corrected chi connectivity index (χ3v) is 4.24. The summed E-state index contributed by atoms with van der Waals surface area (Å²) in [5.74, 6) is 0. The molecule has 2 aromatic rings. The van der Waals surface area contributed by atoms with Crippen LogP contribution in [0.4, 0.5) is 0 Å². The van der Waals surface area contributed by atoms with Crippen molar-refractivity contribution in [1.29, 1.82) is 0 Å². The second-order valence-electron chi connectivity index (χ2n) is 5.88. The van der Waals surface area contributed by atoms with E-state index in [1.807, 2.05) is 0 Å². The predicted molar refractivity (Wildman–Crippen MR) is 86.4 cm³/mol. The molecule has 0 unspecified atom stereocenters. The topological polar surface area (TPSA) is 29.9 Å². The Bertz CT molecular complexity index is 582. The van der Waals surface area contributed by atoms with Crippen molar-refractivity contribution in [3.05, 3.63) is 52.8 Å². The highest BCUT2D eigenvalue weighted by Gasteiger charge is 2.22. The summed E-state index contributed by atoms with van der Waals surface area (Å²) in [5, 5.41) is 8.52. The number of nitrogens with zero attached hydrogens (tertiary/aromatic N) is 2. The van der Waals surface area contributed by atoms with Crippen molar-refractivity contribution in [2.75, 3.05) is 0 Å². The summed E-state index contributed by atoms with van der Waals surface area (Å²) < 4.78 is 2.21. The molecular formula is C18H25N3. The van der Waals surface area contributed by atoms with E-state index >= 15 is 0 Å². The van der Waals surface area contributed by atoms with Crippen LogP contribution in [0.3, 0.4) is 0 Å². The molecule has 0 aliphatic heterocycles. The summed E-state index contributed by atoms with van der Waals surface area (Å²) in [7, 11) is 0. The third kappa shape index (κ3) is 3.35. The second-order valence-corrected chi connectivity index (χ2v) is 5.88. The minimum absolute atomic E-state index is 0.747. The Morgan fingerprint density at radius 3 is 2.52 bits per heavy atom. The summed E-state index contributed by atoms with van der Waals surface area (Å²) >= 11 is 0.